The summed E-state index contributed by atoms with van der Waals surface area (Å²) < 4.78 is 0. The van der Waals surface area contributed by atoms with Crippen molar-refractivity contribution in [1.82, 2.24) is 15.7 Å². The molecular weight excluding hydrogens is 264 g/mol. The van der Waals surface area contributed by atoms with Crippen molar-refractivity contribution < 1.29 is 0 Å². The molecule has 0 spiro atoms. The molecule has 0 aromatic carbocycles. The average Bonchev–Trinajstić information content (AvgIpc) is 3.06. The van der Waals surface area contributed by atoms with Crippen LogP contribution in [0.5, 0.6) is 0 Å². The van der Waals surface area contributed by atoms with Crippen LogP contribution >= 0.6 is 0 Å². The molecule has 2 aliphatic rings. The van der Waals surface area contributed by atoms with Crippen molar-refractivity contribution in [2.24, 2.45) is 22.6 Å². The molecule has 3 rings (SSSR count). The van der Waals surface area contributed by atoms with E-state index in [-0.39, 0.29) is 0 Å². The summed E-state index contributed by atoms with van der Waals surface area (Å²) in [6.45, 7) is 10.5. The van der Waals surface area contributed by atoms with Gasteiger partial charge in [0.15, 0.2) is 0 Å². The summed E-state index contributed by atoms with van der Waals surface area (Å²) in [6, 6.07) is 0. The number of rotatable bonds is 2. The lowest BCUT2D eigenvalue weighted by Gasteiger charge is -1.91. The lowest BCUT2D eigenvalue weighted by Crippen LogP contribution is -2.15. The van der Waals surface area contributed by atoms with Crippen molar-refractivity contribution in [3.8, 4) is 0 Å². The van der Waals surface area contributed by atoms with Crippen LogP contribution in [-0.4, -0.2) is 16.5 Å². The summed E-state index contributed by atoms with van der Waals surface area (Å²) in [5.41, 5.74) is 10.9. The molecule has 2 atom stereocenters. The molecule has 1 aromatic heterocycles. The van der Waals surface area contributed by atoms with E-state index in [0.29, 0.717) is 0 Å². The summed E-state index contributed by atoms with van der Waals surface area (Å²) in [4.78, 5) is 0. The topological polar surface area (TPSA) is 105 Å². The van der Waals surface area contributed by atoms with Crippen molar-refractivity contribution in [3.05, 3.63) is 17.0 Å². The SMILES string of the molecule is CC.CCCC.Cc1n[nH]c2c1C[C@H]1C[C@@H]21.N/C=N\NN. The number of nitrogens with two attached hydrogens (primary N) is 2. The second-order valence-corrected chi connectivity index (χ2v) is 4.91. The number of hydrogen-bond donors (Lipinski definition) is 4. The molecule has 0 aliphatic heterocycles. The zero-order chi connectivity index (χ0) is 16.3. The Labute approximate surface area is 128 Å². The Hall–Kier alpha value is -1.56. The number of aromatic nitrogens is 2. The van der Waals surface area contributed by atoms with Gasteiger partial charge >= 0.3 is 0 Å². The Balaban J connectivity index is 0.000000314. The second kappa shape index (κ2) is 11.1. The number of unbranched alkanes of at least 4 members (excludes halogenated alkanes) is 1. The lowest BCUT2D eigenvalue weighted by atomic mass is 10.1. The third kappa shape index (κ3) is 6.16. The fourth-order valence-corrected chi connectivity index (χ4v) is 2.17. The van der Waals surface area contributed by atoms with Gasteiger partial charge in [0.05, 0.1) is 5.69 Å². The second-order valence-electron chi connectivity index (χ2n) is 4.91. The van der Waals surface area contributed by atoms with Gasteiger partial charge in [0.2, 0.25) is 0 Å². The van der Waals surface area contributed by atoms with Crippen LogP contribution in [0.15, 0.2) is 5.10 Å². The van der Waals surface area contributed by atoms with Crippen LogP contribution in [0.3, 0.4) is 0 Å². The standard InChI is InChI=1S/C8H10N2.C4H10.C2H6.CH6N4/c1-4-6-2-5-3-7(5)8(6)10-9-4;1-3-4-2;1-2;2-1-4-5-3/h5,7H,2-3H2,1H3,(H,9,10);3-4H2,1-2H3;1-2H3;1,5H,3H2,(H2,2,4)/t5-,7+;;;/m0.../s1. The molecule has 6 nitrogen and oxygen atoms in total. The number of hydrazone groups is 1. The molecule has 0 saturated heterocycles. The molecule has 0 bridgehead atoms. The largest absolute Gasteiger partial charge is 0.388 e. The smallest absolute Gasteiger partial charge is 0.107 e. The van der Waals surface area contributed by atoms with Crippen LogP contribution in [0, 0.1) is 12.8 Å². The number of nitrogens with one attached hydrogen (secondary N) is 2. The van der Waals surface area contributed by atoms with E-state index in [1.807, 2.05) is 19.4 Å². The van der Waals surface area contributed by atoms with Crippen molar-refractivity contribution >= 4 is 6.34 Å². The maximum absolute atomic E-state index is 4.70. The first-order valence-corrected chi connectivity index (χ1v) is 7.92. The number of aromatic amines is 1. The predicted octanol–water partition coefficient (Wildman–Crippen LogP) is 2.56. The van der Waals surface area contributed by atoms with Crippen molar-refractivity contribution in [2.45, 2.75) is 66.2 Å². The van der Waals surface area contributed by atoms with E-state index in [0.717, 1.165) is 18.2 Å². The van der Waals surface area contributed by atoms with Gasteiger partial charge in [-0.05, 0) is 31.2 Å². The zero-order valence-corrected chi connectivity index (χ0v) is 14.1. The van der Waals surface area contributed by atoms with Crippen LogP contribution in [0.2, 0.25) is 0 Å². The Morgan fingerprint density at radius 2 is 2.00 bits per heavy atom. The molecule has 0 radical (unpaired) electrons. The fraction of sp³-hybridized carbons (Fsp3) is 0.733. The summed E-state index contributed by atoms with van der Waals surface area (Å²) in [7, 11) is 0. The number of aryl methyl sites for hydroxylation is 1. The van der Waals surface area contributed by atoms with E-state index in [1.165, 1.54) is 42.6 Å². The molecular formula is C15H32N6. The van der Waals surface area contributed by atoms with Gasteiger partial charge in [-0.25, -0.2) is 11.4 Å². The van der Waals surface area contributed by atoms with Crippen LogP contribution < -0.4 is 17.1 Å². The van der Waals surface area contributed by atoms with Crippen molar-refractivity contribution in [2.75, 3.05) is 0 Å². The number of nitrogens with zero attached hydrogens (tertiary/aromatic N) is 2. The van der Waals surface area contributed by atoms with Gasteiger partial charge < -0.3 is 5.73 Å². The molecule has 6 heteroatoms. The Bertz CT molecular complexity index is 397. The molecule has 6 N–H and O–H groups in total. The van der Waals surface area contributed by atoms with Crippen molar-refractivity contribution in [3.63, 3.8) is 0 Å². The minimum atomic E-state index is 0.871. The molecule has 1 aromatic rings. The molecule has 1 heterocycles. The lowest BCUT2D eigenvalue weighted by molar-refractivity contribution is 0.809. The summed E-state index contributed by atoms with van der Waals surface area (Å²) in [5, 5.41) is 10.5. The third-order valence-electron chi connectivity index (χ3n) is 3.51. The van der Waals surface area contributed by atoms with E-state index >= 15 is 0 Å². The number of hydrogen-bond acceptors (Lipinski definition) is 4. The van der Waals surface area contributed by atoms with Gasteiger partial charge in [-0.15, -0.1) is 0 Å². The van der Waals surface area contributed by atoms with Gasteiger partial charge in [-0.1, -0.05) is 40.5 Å². The highest BCUT2D eigenvalue weighted by molar-refractivity contribution is 5.50. The third-order valence-corrected chi connectivity index (χ3v) is 3.51. The summed E-state index contributed by atoms with van der Waals surface area (Å²) >= 11 is 0. The zero-order valence-electron chi connectivity index (χ0n) is 14.1. The van der Waals surface area contributed by atoms with Crippen LogP contribution in [0.25, 0.3) is 0 Å². The van der Waals surface area contributed by atoms with Crippen LogP contribution in [-0.2, 0) is 6.42 Å². The number of fused-ring (bicyclic) bond motifs is 3. The first kappa shape index (κ1) is 19.4. The molecule has 0 unspecified atom stereocenters. The van der Waals surface area contributed by atoms with Gasteiger partial charge in [0.1, 0.15) is 6.34 Å². The quantitative estimate of drug-likeness (QED) is 0.291. The first-order chi connectivity index (χ1) is 10.2. The Morgan fingerprint density at radius 1 is 1.38 bits per heavy atom. The number of hydrazine groups is 1. The summed E-state index contributed by atoms with van der Waals surface area (Å²) in [6.07, 6.45) is 6.41. The van der Waals surface area contributed by atoms with E-state index in [4.69, 9.17) is 5.73 Å². The molecule has 1 saturated carbocycles. The van der Waals surface area contributed by atoms with Gasteiger partial charge in [0, 0.05) is 11.6 Å². The van der Waals surface area contributed by atoms with Gasteiger partial charge in [-0.2, -0.15) is 10.2 Å². The highest BCUT2D eigenvalue weighted by Crippen LogP contribution is 2.55. The minimum Gasteiger partial charge on any atom is -0.388 e. The first-order valence-electron chi connectivity index (χ1n) is 7.92. The molecule has 21 heavy (non-hydrogen) atoms. The molecule has 0 amide bonds. The molecule has 1 fully saturated rings. The maximum atomic E-state index is 4.70. The van der Waals surface area contributed by atoms with Crippen LogP contribution in [0.1, 0.15) is 69.8 Å². The normalized spacial score (nSPS) is 19.9. The minimum absolute atomic E-state index is 0.871. The molecule has 2 aliphatic carbocycles. The van der Waals surface area contributed by atoms with E-state index < -0.39 is 0 Å². The Kier molecular flexibility index (Phi) is 10.3. The van der Waals surface area contributed by atoms with E-state index in [9.17, 15) is 0 Å². The van der Waals surface area contributed by atoms with Gasteiger partial charge in [0.25, 0.3) is 0 Å². The Morgan fingerprint density at radius 3 is 2.38 bits per heavy atom. The predicted molar refractivity (Wildman–Crippen MR) is 89.8 cm³/mol. The fourth-order valence-electron chi connectivity index (χ4n) is 2.17. The molecule has 122 valence electrons. The highest BCUT2D eigenvalue weighted by Gasteiger charge is 2.47. The highest BCUT2D eigenvalue weighted by atomic mass is 15.5. The van der Waals surface area contributed by atoms with Gasteiger partial charge in [-0.3, -0.25) is 5.10 Å². The van der Waals surface area contributed by atoms with Crippen molar-refractivity contribution in [1.29, 1.82) is 0 Å². The van der Waals surface area contributed by atoms with E-state index in [2.05, 4.69) is 41.9 Å². The maximum Gasteiger partial charge on any atom is 0.107 e. The van der Waals surface area contributed by atoms with Crippen LogP contribution in [0.4, 0.5) is 0 Å². The summed E-state index contributed by atoms with van der Waals surface area (Å²) in [5.74, 6) is 6.47. The average molecular weight is 296 g/mol. The van der Waals surface area contributed by atoms with E-state index in [1.54, 1.807) is 0 Å². The monoisotopic (exact) mass is 296 g/mol. The number of H-pyrrole nitrogens is 1.